The minimum Gasteiger partial charge on any atom is -0.394 e. The van der Waals surface area contributed by atoms with Crippen LogP contribution in [0.5, 0.6) is 0 Å². The first-order valence-electron chi connectivity index (χ1n) is 4.57. The second-order valence-electron chi connectivity index (χ2n) is 3.29. The molecule has 1 aromatic carbocycles. The van der Waals surface area contributed by atoms with E-state index in [9.17, 15) is 0 Å². The quantitative estimate of drug-likeness (QED) is 0.783. The van der Waals surface area contributed by atoms with E-state index in [2.05, 4.69) is 18.0 Å². The molecule has 1 heterocycles. The molecule has 2 rings (SSSR count). The van der Waals surface area contributed by atoms with Crippen LogP contribution in [-0.2, 0) is 32.7 Å². The molecule has 1 nitrogen and oxygen atoms in total. The fourth-order valence-corrected chi connectivity index (χ4v) is 1.54. The summed E-state index contributed by atoms with van der Waals surface area (Å²) in [5.41, 5.74) is 3.17. The molecule has 0 fully saturated rings. The van der Waals surface area contributed by atoms with Crippen molar-refractivity contribution in [2.24, 2.45) is 0 Å². The molecule has 0 unspecified atom stereocenters. The van der Waals surface area contributed by atoms with E-state index < -0.39 is 0 Å². The van der Waals surface area contributed by atoms with E-state index in [0.29, 0.717) is 0 Å². The van der Waals surface area contributed by atoms with Gasteiger partial charge in [0.05, 0.1) is 0 Å². The van der Waals surface area contributed by atoms with Crippen LogP contribution in [0, 0.1) is 6.08 Å². The summed E-state index contributed by atoms with van der Waals surface area (Å²) in [7, 11) is 0. The number of hydrogen-bond donors (Lipinski definition) is 1. The number of rotatable bonds is 1. The molecule has 0 saturated carbocycles. The van der Waals surface area contributed by atoms with E-state index >= 15 is 0 Å². The average molecular weight is 294 g/mol. The standard InChI is InChI=1S/C12H11ClN.Y/c1-9-3-2-4-12(14-9)10-5-7-11(13)8-6-10;/h5-8,14H,1-3H2;/q-1;. The Morgan fingerprint density at radius 1 is 1.27 bits per heavy atom. The van der Waals surface area contributed by atoms with Gasteiger partial charge in [0.1, 0.15) is 0 Å². The van der Waals surface area contributed by atoms with Gasteiger partial charge < -0.3 is 5.32 Å². The number of benzene rings is 1. The molecule has 0 atom stereocenters. The molecule has 1 radical (unpaired) electrons. The van der Waals surface area contributed by atoms with Crippen LogP contribution in [0.4, 0.5) is 0 Å². The molecule has 1 aliphatic rings. The summed E-state index contributed by atoms with van der Waals surface area (Å²) >= 11 is 5.81. The fraction of sp³-hybridized carbons (Fsp3) is 0.167. The number of hydrogen-bond acceptors (Lipinski definition) is 1. The molecule has 0 spiro atoms. The predicted molar refractivity (Wildman–Crippen MR) is 59.6 cm³/mol. The van der Waals surface area contributed by atoms with Gasteiger partial charge in [-0.05, 0) is 6.42 Å². The van der Waals surface area contributed by atoms with E-state index in [1.165, 1.54) is 0 Å². The fourth-order valence-electron chi connectivity index (χ4n) is 1.41. The number of nitrogens with one attached hydrogen (secondary N) is 1. The van der Waals surface area contributed by atoms with Gasteiger partial charge in [-0.15, -0.1) is 24.3 Å². The molecular formula is C12H11ClNY-. The van der Waals surface area contributed by atoms with Gasteiger partial charge in [-0.3, -0.25) is 0 Å². The van der Waals surface area contributed by atoms with Gasteiger partial charge in [0, 0.05) is 43.4 Å². The van der Waals surface area contributed by atoms with Crippen LogP contribution in [0.2, 0.25) is 5.02 Å². The zero-order valence-electron chi connectivity index (χ0n) is 8.39. The summed E-state index contributed by atoms with van der Waals surface area (Å²) in [5.74, 6) is 0. The second kappa shape index (κ2) is 5.84. The molecule has 75 valence electrons. The minimum absolute atomic E-state index is 0. The molecule has 0 aromatic heterocycles. The van der Waals surface area contributed by atoms with Crippen molar-refractivity contribution >= 4 is 17.3 Å². The van der Waals surface area contributed by atoms with Crippen molar-refractivity contribution in [3.8, 4) is 0 Å². The van der Waals surface area contributed by atoms with E-state index in [1.807, 2.05) is 24.3 Å². The zero-order chi connectivity index (χ0) is 9.97. The summed E-state index contributed by atoms with van der Waals surface area (Å²) in [5, 5.41) is 3.97. The smallest absolute Gasteiger partial charge is 0.0376 e. The van der Waals surface area contributed by atoms with Crippen LogP contribution in [-0.4, -0.2) is 0 Å². The molecule has 0 bridgehead atoms. The van der Waals surface area contributed by atoms with Crippen molar-refractivity contribution in [1.29, 1.82) is 0 Å². The first-order valence-corrected chi connectivity index (χ1v) is 4.95. The van der Waals surface area contributed by atoms with Gasteiger partial charge in [0.15, 0.2) is 0 Å². The summed E-state index contributed by atoms with van der Waals surface area (Å²) in [6, 6.07) is 7.72. The molecule has 1 N–H and O–H groups in total. The monoisotopic (exact) mass is 293 g/mol. The topological polar surface area (TPSA) is 12.0 Å². The van der Waals surface area contributed by atoms with Crippen molar-refractivity contribution < 1.29 is 32.7 Å². The van der Waals surface area contributed by atoms with Gasteiger partial charge in [0.2, 0.25) is 0 Å². The Morgan fingerprint density at radius 2 is 1.93 bits per heavy atom. The van der Waals surface area contributed by atoms with Crippen LogP contribution < -0.4 is 5.32 Å². The minimum atomic E-state index is 0. The maximum Gasteiger partial charge on any atom is 0.0376 e. The summed E-state index contributed by atoms with van der Waals surface area (Å²) in [6.45, 7) is 3.91. The number of halogens is 1. The summed E-state index contributed by atoms with van der Waals surface area (Å²) in [6.07, 6.45) is 5.19. The average Bonchev–Trinajstić information content (AvgIpc) is 2.19. The van der Waals surface area contributed by atoms with Gasteiger partial charge in [0.25, 0.3) is 0 Å². The second-order valence-corrected chi connectivity index (χ2v) is 3.72. The van der Waals surface area contributed by atoms with Gasteiger partial charge in [-0.25, -0.2) is 6.08 Å². The van der Waals surface area contributed by atoms with Crippen molar-refractivity contribution in [3.05, 3.63) is 53.2 Å². The molecular weight excluding hydrogens is 282 g/mol. The van der Waals surface area contributed by atoms with Crippen molar-refractivity contribution in [1.82, 2.24) is 5.32 Å². The summed E-state index contributed by atoms with van der Waals surface area (Å²) in [4.78, 5) is 0. The Balaban J connectivity index is 0.00000112. The van der Waals surface area contributed by atoms with Crippen molar-refractivity contribution in [2.45, 2.75) is 12.8 Å². The van der Waals surface area contributed by atoms with Crippen molar-refractivity contribution in [2.75, 3.05) is 0 Å². The third kappa shape index (κ3) is 3.44. The summed E-state index contributed by atoms with van der Waals surface area (Å²) < 4.78 is 0. The Bertz CT molecular complexity index is 381. The third-order valence-electron chi connectivity index (χ3n) is 2.16. The largest absolute Gasteiger partial charge is 0.394 e. The van der Waals surface area contributed by atoms with Gasteiger partial charge in [-0.1, -0.05) is 30.3 Å². The molecule has 0 aliphatic carbocycles. The van der Waals surface area contributed by atoms with Crippen LogP contribution >= 0.6 is 11.6 Å². The van der Waals surface area contributed by atoms with Gasteiger partial charge in [-0.2, -0.15) is 5.56 Å². The zero-order valence-corrected chi connectivity index (χ0v) is 12.0. The van der Waals surface area contributed by atoms with Gasteiger partial charge >= 0.3 is 0 Å². The van der Waals surface area contributed by atoms with E-state index in [-0.39, 0.29) is 32.7 Å². The molecule has 1 aliphatic heterocycles. The van der Waals surface area contributed by atoms with Crippen LogP contribution in [0.1, 0.15) is 18.4 Å². The SMILES string of the molecule is C=C1CC[C-]=C(c2ccc(Cl)cc2)N1.[Y]. The number of allylic oxidation sites excluding steroid dienone is 2. The maximum atomic E-state index is 5.81. The normalized spacial score (nSPS) is 15.0. The Labute approximate surface area is 120 Å². The third-order valence-corrected chi connectivity index (χ3v) is 2.42. The Morgan fingerprint density at radius 3 is 2.53 bits per heavy atom. The van der Waals surface area contributed by atoms with E-state index in [1.54, 1.807) is 0 Å². The van der Waals surface area contributed by atoms with Crippen LogP contribution in [0.25, 0.3) is 5.70 Å². The predicted octanol–water partition coefficient (Wildman–Crippen LogP) is 3.38. The van der Waals surface area contributed by atoms with E-state index in [4.69, 9.17) is 11.6 Å². The molecule has 0 saturated heterocycles. The maximum absolute atomic E-state index is 5.81. The Hall–Kier alpha value is -0.106. The first kappa shape index (κ1) is 13.0. The first-order chi connectivity index (χ1) is 6.75. The van der Waals surface area contributed by atoms with Crippen LogP contribution in [0.15, 0.2) is 36.5 Å². The molecule has 1 aromatic rings. The van der Waals surface area contributed by atoms with E-state index in [0.717, 1.165) is 34.8 Å². The van der Waals surface area contributed by atoms with Crippen LogP contribution in [0.3, 0.4) is 0 Å². The Kier molecular flexibility index (Phi) is 5.04. The van der Waals surface area contributed by atoms with Crippen molar-refractivity contribution in [3.63, 3.8) is 0 Å². The molecule has 3 heteroatoms. The molecule has 0 amide bonds. The molecule has 15 heavy (non-hydrogen) atoms.